The van der Waals surface area contributed by atoms with Gasteiger partial charge in [0, 0.05) is 4.88 Å². The second kappa shape index (κ2) is 7.14. The molecule has 6 nitrogen and oxygen atoms in total. The highest BCUT2D eigenvalue weighted by Gasteiger charge is 2.27. The Labute approximate surface area is 150 Å². The minimum absolute atomic E-state index is 0.228. The molecule has 3 rings (SSSR count). The van der Waals surface area contributed by atoms with Gasteiger partial charge in [0.25, 0.3) is 5.91 Å². The van der Waals surface area contributed by atoms with E-state index in [-0.39, 0.29) is 5.91 Å². The fraction of sp³-hybridized carbons (Fsp3) is 0.333. The molecular weight excluding hydrogens is 338 g/mol. The topological polar surface area (TPSA) is 93.4 Å². The van der Waals surface area contributed by atoms with Crippen LogP contribution < -0.4 is 21.1 Å². The molecule has 0 aliphatic heterocycles. The molecule has 0 unspecified atom stereocenters. The summed E-state index contributed by atoms with van der Waals surface area (Å²) in [5.41, 5.74) is 7.73. The number of rotatable bonds is 6. The molecule has 0 saturated carbocycles. The van der Waals surface area contributed by atoms with Crippen molar-refractivity contribution in [2.24, 2.45) is 5.73 Å². The Bertz CT molecular complexity index is 816. The molecule has 0 bridgehead atoms. The third-order valence-corrected chi connectivity index (χ3v) is 5.48. The van der Waals surface area contributed by atoms with Crippen LogP contribution in [0.5, 0.6) is 5.75 Å². The Morgan fingerprint density at radius 2 is 2.04 bits per heavy atom. The number of carbonyl (C=O) groups excluding carboxylic acids is 2. The highest BCUT2D eigenvalue weighted by Crippen LogP contribution is 2.39. The molecule has 1 atom stereocenters. The number of aryl methyl sites for hydroxylation is 1. The molecule has 0 fully saturated rings. The summed E-state index contributed by atoms with van der Waals surface area (Å²) in [6.45, 7) is 1.76. The number of hydrogen-bond acceptors (Lipinski definition) is 5. The van der Waals surface area contributed by atoms with Gasteiger partial charge in [-0.15, -0.1) is 11.3 Å². The monoisotopic (exact) mass is 359 g/mol. The molecule has 1 aliphatic rings. The molecule has 0 saturated heterocycles. The standard InChI is InChI=1S/C18H21N3O3S/c1-10(20-12-7-3-4-8-13(12)24-2)17(23)21-18-15(16(19)22)11-6-5-9-14(11)25-18/h3-4,7-8,10,20H,5-6,9H2,1-2H3,(H2,19,22)(H,21,23)/t10-/m0/s1. The summed E-state index contributed by atoms with van der Waals surface area (Å²) >= 11 is 1.45. The molecule has 2 aromatic rings. The van der Waals surface area contributed by atoms with Gasteiger partial charge in [-0.1, -0.05) is 12.1 Å². The Morgan fingerprint density at radius 1 is 1.28 bits per heavy atom. The maximum atomic E-state index is 12.6. The van der Waals surface area contributed by atoms with Gasteiger partial charge in [-0.3, -0.25) is 9.59 Å². The van der Waals surface area contributed by atoms with Crippen LogP contribution in [-0.4, -0.2) is 25.0 Å². The van der Waals surface area contributed by atoms with E-state index in [0.29, 0.717) is 16.3 Å². The average Bonchev–Trinajstić information content (AvgIpc) is 3.15. The molecule has 1 heterocycles. The first-order valence-corrected chi connectivity index (χ1v) is 8.97. The van der Waals surface area contributed by atoms with E-state index in [1.807, 2.05) is 24.3 Å². The first-order valence-electron chi connectivity index (χ1n) is 8.16. The van der Waals surface area contributed by atoms with Gasteiger partial charge >= 0.3 is 0 Å². The second-order valence-electron chi connectivity index (χ2n) is 5.98. The summed E-state index contributed by atoms with van der Waals surface area (Å²) in [4.78, 5) is 25.5. The lowest BCUT2D eigenvalue weighted by Gasteiger charge is -2.17. The zero-order valence-electron chi connectivity index (χ0n) is 14.2. The van der Waals surface area contributed by atoms with Crippen molar-refractivity contribution in [3.63, 3.8) is 0 Å². The van der Waals surface area contributed by atoms with E-state index >= 15 is 0 Å². The smallest absolute Gasteiger partial charge is 0.251 e. The second-order valence-corrected chi connectivity index (χ2v) is 7.09. The van der Waals surface area contributed by atoms with Crippen LogP contribution in [0.25, 0.3) is 0 Å². The van der Waals surface area contributed by atoms with Crippen molar-refractivity contribution in [3.05, 3.63) is 40.3 Å². The highest BCUT2D eigenvalue weighted by molar-refractivity contribution is 7.17. The summed E-state index contributed by atoms with van der Waals surface area (Å²) in [6.07, 6.45) is 2.81. The van der Waals surface area contributed by atoms with Crippen molar-refractivity contribution >= 4 is 33.8 Å². The van der Waals surface area contributed by atoms with Crippen molar-refractivity contribution < 1.29 is 14.3 Å². The van der Waals surface area contributed by atoms with E-state index < -0.39 is 11.9 Å². The van der Waals surface area contributed by atoms with Gasteiger partial charge in [-0.05, 0) is 43.9 Å². The number of nitrogens with two attached hydrogens (primary N) is 1. The number of benzene rings is 1. The van der Waals surface area contributed by atoms with Crippen molar-refractivity contribution in [1.29, 1.82) is 0 Å². The van der Waals surface area contributed by atoms with Crippen LogP contribution in [0.15, 0.2) is 24.3 Å². The van der Waals surface area contributed by atoms with Crippen LogP contribution in [-0.2, 0) is 17.6 Å². The fourth-order valence-corrected chi connectivity index (χ4v) is 4.33. The zero-order chi connectivity index (χ0) is 18.0. The van der Waals surface area contributed by atoms with E-state index in [2.05, 4.69) is 10.6 Å². The molecule has 7 heteroatoms. The van der Waals surface area contributed by atoms with Gasteiger partial charge in [0.05, 0.1) is 18.4 Å². The van der Waals surface area contributed by atoms with Crippen LogP contribution in [0.4, 0.5) is 10.7 Å². The number of hydrogen-bond donors (Lipinski definition) is 3. The summed E-state index contributed by atoms with van der Waals surface area (Å²) in [5.74, 6) is -0.0524. The molecule has 0 spiro atoms. The average molecular weight is 359 g/mol. The molecule has 2 amide bonds. The van der Waals surface area contributed by atoms with Crippen LogP contribution in [0.1, 0.15) is 34.1 Å². The van der Waals surface area contributed by atoms with E-state index in [9.17, 15) is 9.59 Å². The van der Waals surface area contributed by atoms with Gasteiger partial charge in [-0.25, -0.2) is 0 Å². The van der Waals surface area contributed by atoms with Gasteiger partial charge in [0.2, 0.25) is 5.91 Å². The predicted octanol–water partition coefficient (Wildman–Crippen LogP) is 2.78. The number of primary amides is 1. The Hall–Kier alpha value is -2.54. The third-order valence-electron chi connectivity index (χ3n) is 4.28. The van der Waals surface area contributed by atoms with Crippen molar-refractivity contribution in [3.8, 4) is 5.75 Å². The van der Waals surface area contributed by atoms with E-state index in [1.165, 1.54) is 11.3 Å². The molecule has 1 aromatic heterocycles. The fourth-order valence-electron chi connectivity index (χ4n) is 3.04. The first kappa shape index (κ1) is 17.3. The zero-order valence-corrected chi connectivity index (χ0v) is 15.0. The van der Waals surface area contributed by atoms with Gasteiger partial charge in [-0.2, -0.15) is 0 Å². The largest absolute Gasteiger partial charge is 0.495 e. The van der Waals surface area contributed by atoms with Crippen molar-refractivity contribution in [1.82, 2.24) is 0 Å². The highest BCUT2D eigenvalue weighted by atomic mass is 32.1. The quantitative estimate of drug-likeness (QED) is 0.739. The van der Waals surface area contributed by atoms with Gasteiger partial charge in [0.15, 0.2) is 0 Å². The molecule has 1 aromatic carbocycles. The number of thiophene rings is 1. The van der Waals surface area contributed by atoms with Crippen LogP contribution >= 0.6 is 11.3 Å². The third kappa shape index (κ3) is 3.46. The number of methoxy groups -OCH3 is 1. The minimum atomic E-state index is -0.506. The molecule has 132 valence electrons. The number of amides is 2. The molecular formula is C18H21N3O3S. The minimum Gasteiger partial charge on any atom is -0.495 e. The lowest BCUT2D eigenvalue weighted by Crippen LogP contribution is -2.32. The van der Waals surface area contributed by atoms with Gasteiger partial charge < -0.3 is 21.1 Å². The van der Waals surface area contributed by atoms with Crippen LogP contribution in [0.2, 0.25) is 0 Å². The summed E-state index contributed by atoms with van der Waals surface area (Å²) in [7, 11) is 1.58. The Balaban J connectivity index is 1.75. The molecule has 4 N–H and O–H groups in total. The maximum absolute atomic E-state index is 12.6. The van der Waals surface area contributed by atoms with Crippen LogP contribution in [0, 0.1) is 0 Å². The maximum Gasteiger partial charge on any atom is 0.251 e. The first-order chi connectivity index (χ1) is 12.0. The number of ether oxygens (including phenoxy) is 1. The van der Waals surface area contributed by atoms with Crippen molar-refractivity contribution in [2.75, 3.05) is 17.7 Å². The predicted molar refractivity (Wildman–Crippen MR) is 99.6 cm³/mol. The lowest BCUT2D eigenvalue weighted by molar-refractivity contribution is -0.116. The normalized spacial score (nSPS) is 13.8. The van der Waals surface area contributed by atoms with Crippen LogP contribution in [0.3, 0.4) is 0 Å². The summed E-state index contributed by atoms with van der Waals surface area (Å²) in [5, 5.41) is 6.54. The molecule has 25 heavy (non-hydrogen) atoms. The SMILES string of the molecule is COc1ccccc1N[C@@H](C)C(=O)Nc1sc2c(c1C(N)=O)CCC2. The summed E-state index contributed by atoms with van der Waals surface area (Å²) in [6, 6.07) is 6.89. The lowest BCUT2D eigenvalue weighted by atomic mass is 10.1. The van der Waals surface area contributed by atoms with Crippen molar-refractivity contribution in [2.45, 2.75) is 32.2 Å². The molecule has 1 aliphatic carbocycles. The Morgan fingerprint density at radius 3 is 2.76 bits per heavy atom. The van der Waals surface area contributed by atoms with Gasteiger partial charge in [0.1, 0.15) is 16.8 Å². The Kier molecular flexibility index (Phi) is 4.94. The summed E-state index contributed by atoms with van der Waals surface area (Å²) < 4.78 is 5.28. The number of nitrogens with one attached hydrogen (secondary N) is 2. The number of carbonyl (C=O) groups is 2. The van der Waals surface area contributed by atoms with E-state index in [1.54, 1.807) is 14.0 Å². The van der Waals surface area contributed by atoms with E-state index in [4.69, 9.17) is 10.5 Å². The number of fused-ring (bicyclic) bond motifs is 1. The van der Waals surface area contributed by atoms with E-state index in [0.717, 1.165) is 35.4 Å². The molecule has 0 radical (unpaired) electrons. The number of para-hydroxylation sites is 2. The number of anilines is 2.